The van der Waals surface area contributed by atoms with Gasteiger partial charge in [0.25, 0.3) is 0 Å². The summed E-state index contributed by atoms with van der Waals surface area (Å²) in [4.78, 5) is 18.7. The van der Waals surface area contributed by atoms with E-state index < -0.39 is 0 Å². The van der Waals surface area contributed by atoms with E-state index in [2.05, 4.69) is 21.7 Å². The number of carbonyl (C=O) groups is 1. The summed E-state index contributed by atoms with van der Waals surface area (Å²) in [6.07, 6.45) is 12.8. The van der Waals surface area contributed by atoms with Crippen molar-refractivity contribution in [3.05, 3.63) is 11.6 Å². The molecule has 0 heterocycles. The van der Waals surface area contributed by atoms with Crippen LogP contribution in [0, 0.1) is 5.41 Å². The molecule has 0 unspecified atom stereocenters. The quantitative estimate of drug-likeness (QED) is 0.446. The van der Waals surface area contributed by atoms with Gasteiger partial charge in [-0.2, -0.15) is 0 Å². The number of amides is 1. The van der Waals surface area contributed by atoms with Crippen LogP contribution in [0.5, 0.6) is 0 Å². The number of hydrogen-bond donors (Lipinski definition) is 2. The molecule has 0 aromatic carbocycles. The maximum absolute atomic E-state index is 12.6. The van der Waals surface area contributed by atoms with Gasteiger partial charge < -0.3 is 15.5 Å². The summed E-state index contributed by atoms with van der Waals surface area (Å²) in [5.74, 6) is 1.06. The number of nitrogens with zero attached hydrogens (tertiary/aromatic N) is 2. The summed E-state index contributed by atoms with van der Waals surface area (Å²) < 4.78 is 0. The maximum Gasteiger partial charge on any atom is 0.230 e. The minimum absolute atomic E-state index is 0.246. The highest BCUT2D eigenvalue weighted by Crippen LogP contribution is 2.38. The van der Waals surface area contributed by atoms with Crippen LogP contribution >= 0.6 is 0 Å². The van der Waals surface area contributed by atoms with E-state index in [-0.39, 0.29) is 11.3 Å². The molecule has 2 aliphatic rings. The molecule has 2 rings (SSSR count). The molecule has 0 saturated heterocycles. The van der Waals surface area contributed by atoms with Gasteiger partial charge in [-0.3, -0.25) is 9.79 Å². The third-order valence-corrected chi connectivity index (χ3v) is 5.36. The Morgan fingerprint density at radius 2 is 1.96 bits per heavy atom. The zero-order chi connectivity index (χ0) is 17.4. The molecule has 5 heteroatoms. The van der Waals surface area contributed by atoms with Crippen molar-refractivity contribution in [3.63, 3.8) is 0 Å². The van der Waals surface area contributed by atoms with Gasteiger partial charge in [-0.1, -0.05) is 24.5 Å². The Labute approximate surface area is 147 Å². The number of guanidine groups is 1. The number of rotatable bonds is 6. The fourth-order valence-corrected chi connectivity index (χ4v) is 3.94. The van der Waals surface area contributed by atoms with Gasteiger partial charge in [0.2, 0.25) is 5.91 Å². The van der Waals surface area contributed by atoms with Crippen LogP contribution < -0.4 is 10.6 Å². The highest BCUT2D eigenvalue weighted by Gasteiger charge is 2.42. The molecule has 5 nitrogen and oxygen atoms in total. The first-order valence-corrected chi connectivity index (χ1v) is 9.41. The maximum atomic E-state index is 12.6. The zero-order valence-corrected chi connectivity index (χ0v) is 15.7. The third-order valence-electron chi connectivity index (χ3n) is 5.36. The van der Waals surface area contributed by atoms with Crippen LogP contribution in [-0.4, -0.2) is 51.0 Å². The topological polar surface area (TPSA) is 56.7 Å². The molecule has 1 amide bonds. The molecular formula is C19H34N4O. The lowest BCUT2D eigenvalue weighted by atomic mass is 9.84. The number of hydrogen-bond acceptors (Lipinski definition) is 2. The first-order valence-electron chi connectivity index (χ1n) is 9.41. The first kappa shape index (κ1) is 18.8. The molecule has 0 atom stereocenters. The number of nitrogens with one attached hydrogen (secondary N) is 2. The molecule has 24 heavy (non-hydrogen) atoms. The lowest BCUT2D eigenvalue weighted by Crippen LogP contribution is -2.49. The van der Waals surface area contributed by atoms with Gasteiger partial charge in [0, 0.05) is 34.2 Å². The summed E-state index contributed by atoms with van der Waals surface area (Å²) in [5, 5.41) is 6.80. The van der Waals surface area contributed by atoms with Crippen molar-refractivity contribution in [2.75, 3.05) is 34.2 Å². The van der Waals surface area contributed by atoms with E-state index in [1.807, 2.05) is 14.1 Å². The van der Waals surface area contributed by atoms with E-state index in [9.17, 15) is 4.79 Å². The van der Waals surface area contributed by atoms with Gasteiger partial charge in [-0.05, 0) is 44.9 Å². The van der Waals surface area contributed by atoms with Crippen LogP contribution in [-0.2, 0) is 4.79 Å². The molecule has 0 spiro atoms. The van der Waals surface area contributed by atoms with Crippen LogP contribution in [0.2, 0.25) is 0 Å². The van der Waals surface area contributed by atoms with Gasteiger partial charge in [0.15, 0.2) is 5.96 Å². The summed E-state index contributed by atoms with van der Waals surface area (Å²) in [5.41, 5.74) is 1.31. The van der Waals surface area contributed by atoms with Crippen LogP contribution in [0.4, 0.5) is 0 Å². The molecule has 0 bridgehead atoms. The van der Waals surface area contributed by atoms with Gasteiger partial charge >= 0.3 is 0 Å². The van der Waals surface area contributed by atoms with E-state index in [4.69, 9.17) is 0 Å². The second-order valence-corrected chi connectivity index (χ2v) is 7.40. The second-order valence-electron chi connectivity index (χ2n) is 7.40. The molecule has 136 valence electrons. The third kappa shape index (κ3) is 4.99. The Kier molecular flexibility index (Phi) is 7.13. The van der Waals surface area contributed by atoms with Crippen molar-refractivity contribution in [1.82, 2.24) is 15.5 Å². The van der Waals surface area contributed by atoms with E-state index in [1.165, 1.54) is 25.7 Å². The molecule has 0 radical (unpaired) electrons. The van der Waals surface area contributed by atoms with Crippen LogP contribution in [0.15, 0.2) is 16.6 Å². The van der Waals surface area contributed by atoms with Crippen molar-refractivity contribution in [2.24, 2.45) is 10.4 Å². The highest BCUT2D eigenvalue weighted by molar-refractivity contribution is 5.85. The Hall–Kier alpha value is -1.52. The Morgan fingerprint density at radius 3 is 2.54 bits per heavy atom. The summed E-state index contributed by atoms with van der Waals surface area (Å²) in [6.45, 7) is 1.58. The van der Waals surface area contributed by atoms with Gasteiger partial charge in [0.05, 0.1) is 5.41 Å². The van der Waals surface area contributed by atoms with Crippen molar-refractivity contribution in [3.8, 4) is 0 Å². The highest BCUT2D eigenvalue weighted by atomic mass is 16.2. The SMILES string of the molecule is CN=C(NCCC1=CCCCC1)NCC1(C(=O)N(C)C)CCCC1. The number of allylic oxidation sites excluding steroid dienone is 1. The van der Waals surface area contributed by atoms with Crippen molar-refractivity contribution < 1.29 is 4.79 Å². The predicted octanol–water partition coefficient (Wildman–Crippen LogP) is 2.69. The average molecular weight is 335 g/mol. The molecule has 0 aromatic rings. The average Bonchev–Trinajstić information content (AvgIpc) is 3.08. The summed E-state index contributed by atoms with van der Waals surface area (Å²) in [6, 6.07) is 0. The summed E-state index contributed by atoms with van der Waals surface area (Å²) in [7, 11) is 5.50. The molecule has 0 aliphatic heterocycles. The Morgan fingerprint density at radius 1 is 1.21 bits per heavy atom. The van der Waals surface area contributed by atoms with Crippen LogP contribution in [0.1, 0.15) is 57.8 Å². The normalized spacial score (nSPS) is 20.5. The van der Waals surface area contributed by atoms with Gasteiger partial charge in [-0.15, -0.1) is 0 Å². The van der Waals surface area contributed by atoms with Crippen molar-refractivity contribution in [2.45, 2.75) is 57.8 Å². The van der Waals surface area contributed by atoms with Gasteiger partial charge in [-0.25, -0.2) is 0 Å². The smallest absolute Gasteiger partial charge is 0.230 e. The van der Waals surface area contributed by atoms with E-state index in [1.54, 1.807) is 17.5 Å². The summed E-state index contributed by atoms with van der Waals surface area (Å²) >= 11 is 0. The standard InChI is InChI=1S/C19H34N4O/c1-20-18(21-14-11-16-9-5-4-6-10-16)22-15-19(12-7-8-13-19)17(24)23(2)3/h9H,4-8,10-15H2,1-3H3,(H2,20,21,22). The second kappa shape index (κ2) is 9.09. The molecule has 1 saturated carbocycles. The van der Waals surface area contributed by atoms with Gasteiger partial charge in [0.1, 0.15) is 0 Å². The predicted molar refractivity (Wildman–Crippen MR) is 100 cm³/mol. The van der Waals surface area contributed by atoms with Crippen LogP contribution in [0.3, 0.4) is 0 Å². The molecule has 2 N–H and O–H groups in total. The minimum atomic E-state index is -0.257. The molecule has 1 fully saturated rings. The van der Waals surface area contributed by atoms with Crippen molar-refractivity contribution in [1.29, 1.82) is 0 Å². The Balaban J connectivity index is 1.81. The molecular weight excluding hydrogens is 300 g/mol. The minimum Gasteiger partial charge on any atom is -0.356 e. The number of aliphatic imine (C=N–C) groups is 1. The molecule has 2 aliphatic carbocycles. The van der Waals surface area contributed by atoms with E-state index >= 15 is 0 Å². The van der Waals surface area contributed by atoms with Crippen LogP contribution in [0.25, 0.3) is 0 Å². The van der Waals surface area contributed by atoms with E-state index in [0.717, 1.165) is 44.6 Å². The molecule has 0 aromatic heterocycles. The lowest BCUT2D eigenvalue weighted by molar-refractivity contribution is -0.138. The van der Waals surface area contributed by atoms with E-state index in [0.29, 0.717) is 6.54 Å². The lowest BCUT2D eigenvalue weighted by Gasteiger charge is -2.31. The number of carbonyl (C=O) groups excluding carboxylic acids is 1. The largest absolute Gasteiger partial charge is 0.356 e. The first-order chi connectivity index (χ1) is 11.6. The fraction of sp³-hybridized carbons (Fsp3) is 0.789. The zero-order valence-electron chi connectivity index (χ0n) is 15.7. The van der Waals surface area contributed by atoms with Crippen molar-refractivity contribution >= 4 is 11.9 Å². The monoisotopic (exact) mass is 334 g/mol. The fourth-order valence-electron chi connectivity index (χ4n) is 3.94. The Bertz CT molecular complexity index is 476.